The Kier molecular flexibility index (Phi) is 4.28. The monoisotopic (exact) mass is 363 g/mol. The van der Waals surface area contributed by atoms with Crippen molar-refractivity contribution in [2.24, 2.45) is 0 Å². The van der Waals surface area contributed by atoms with Gasteiger partial charge in [-0.2, -0.15) is 0 Å². The van der Waals surface area contributed by atoms with Crippen molar-refractivity contribution in [3.63, 3.8) is 0 Å². The lowest BCUT2D eigenvalue weighted by atomic mass is 10.0. The number of aromatic amines is 1. The lowest BCUT2D eigenvalue weighted by Crippen LogP contribution is -2.44. The molecule has 6 nitrogen and oxygen atoms in total. The quantitative estimate of drug-likeness (QED) is 0.764. The highest BCUT2D eigenvalue weighted by atomic mass is 16.5. The molecule has 140 valence electrons. The molecule has 5 rings (SSSR count). The normalized spacial score (nSPS) is 21.2. The molecule has 0 spiro atoms. The summed E-state index contributed by atoms with van der Waals surface area (Å²) in [5.74, 6) is 2.38. The lowest BCUT2D eigenvalue weighted by molar-refractivity contribution is 0.0985. The Hall–Kier alpha value is -2.47. The van der Waals surface area contributed by atoms with Crippen LogP contribution in [0.2, 0.25) is 0 Å². The predicted molar refractivity (Wildman–Crippen MR) is 106 cm³/mol. The van der Waals surface area contributed by atoms with E-state index >= 15 is 0 Å². The van der Waals surface area contributed by atoms with E-state index in [-0.39, 0.29) is 0 Å². The second kappa shape index (κ2) is 6.93. The van der Waals surface area contributed by atoms with Gasteiger partial charge in [0.1, 0.15) is 11.5 Å². The van der Waals surface area contributed by atoms with E-state index in [4.69, 9.17) is 14.7 Å². The number of rotatable bonds is 3. The van der Waals surface area contributed by atoms with E-state index in [1.807, 2.05) is 18.5 Å². The van der Waals surface area contributed by atoms with Crippen LogP contribution in [0.4, 0.5) is 5.82 Å². The second-order valence-electron chi connectivity index (χ2n) is 7.67. The molecular formula is C21H25N5O. The maximum atomic E-state index is 5.63. The second-order valence-corrected chi connectivity index (χ2v) is 7.67. The Morgan fingerprint density at radius 2 is 2.07 bits per heavy atom. The number of hydrogen-bond donors (Lipinski definition) is 1. The van der Waals surface area contributed by atoms with Crippen molar-refractivity contribution in [1.82, 2.24) is 19.9 Å². The third-order valence-corrected chi connectivity index (χ3v) is 5.87. The zero-order valence-electron chi connectivity index (χ0n) is 15.7. The summed E-state index contributed by atoms with van der Waals surface area (Å²) in [7, 11) is 0. The number of morpholine rings is 1. The molecule has 1 saturated carbocycles. The number of nitrogens with zero attached hydrogens (tertiary/aromatic N) is 4. The van der Waals surface area contributed by atoms with E-state index in [0.717, 1.165) is 48.0 Å². The van der Waals surface area contributed by atoms with Crippen molar-refractivity contribution >= 4 is 16.9 Å². The third-order valence-electron chi connectivity index (χ3n) is 5.87. The summed E-state index contributed by atoms with van der Waals surface area (Å²) in [6, 6.07) is 6.62. The van der Waals surface area contributed by atoms with Crippen molar-refractivity contribution < 1.29 is 4.74 Å². The number of nitrogens with one attached hydrogen (secondary N) is 1. The molecule has 0 aromatic carbocycles. The Balaban J connectivity index is 1.64. The van der Waals surface area contributed by atoms with Crippen LogP contribution in [0.5, 0.6) is 0 Å². The molecule has 6 heteroatoms. The fraction of sp³-hybridized carbons (Fsp3) is 0.476. The van der Waals surface area contributed by atoms with Crippen molar-refractivity contribution in [2.75, 3.05) is 24.7 Å². The molecule has 1 saturated heterocycles. The van der Waals surface area contributed by atoms with Gasteiger partial charge >= 0.3 is 0 Å². The van der Waals surface area contributed by atoms with Crippen LogP contribution in [0.3, 0.4) is 0 Å². The molecule has 4 heterocycles. The lowest BCUT2D eigenvalue weighted by Gasteiger charge is -2.34. The minimum Gasteiger partial charge on any atom is -0.377 e. The molecule has 0 radical (unpaired) electrons. The maximum Gasteiger partial charge on any atom is 0.162 e. The first-order valence-electron chi connectivity index (χ1n) is 9.95. The zero-order valence-corrected chi connectivity index (χ0v) is 15.7. The van der Waals surface area contributed by atoms with E-state index < -0.39 is 0 Å². The first-order valence-corrected chi connectivity index (χ1v) is 9.95. The third kappa shape index (κ3) is 3.08. The van der Waals surface area contributed by atoms with Crippen LogP contribution >= 0.6 is 0 Å². The Bertz CT molecular complexity index is 947. The molecule has 2 aliphatic rings. The standard InChI is InChI=1S/C21H25N5O/c1-14-13-27-11-10-26(14)19-12-18(15-4-2-3-5-15)24-21(25-19)17-7-9-23-20-16(17)6-8-22-20/h6-9,12,14-15H,2-5,10-11,13H2,1H3,(H,22,23)/t14-/m1/s1. The Morgan fingerprint density at radius 1 is 1.19 bits per heavy atom. The largest absolute Gasteiger partial charge is 0.377 e. The first kappa shape index (κ1) is 16.7. The minimum atomic E-state index is 0.322. The molecule has 0 amide bonds. The van der Waals surface area contributed by atoms with Gasteiger partial charge in [0, 0.05) is 47.6 Å². The number of pyridine rings is 1. The number of aromatic nitrogens is 4. The van der Waals surface area contributed by atoms with Gasteiger partial charge in [0.05, 0.1) is 19.3 Å². The maximum absolute atomic E-state index is 5.63. The topological polar surface area (TPSA) is 66.9 Å². The van der Waals surface area contributed by atoms with Crippen molar-refractivity contribution in [3.8, 4) is 11.4 Å². The van der Waals surface area contributed by atoms with Crippen LogP contribution in [0.1, 0.15) is 44.2 Å². The number of H-pyrrole nitrogens is 1. The fourth-order valence-corrected chi connectivity index (χ4v) is 4.37. The molecule has 0 unspecified atom stereocenters. The number of hydrogen-bond acceptors (Lipinski definition) is 5. The van der Waals surface area contributed by atoms with E-state index in [2.05, 4.69) is 33.9 Å². The van der Waals surface area contributed by atoms with Gasteiger partial charge in [-0.15, -0.1) is 0 Å². The van der Waals surface area contributed by atoms with Crippen LogP contribution in [0.15, 0.2) is 30.6 Å². The predicted octanol–water partition coefficient (Wildman–Crippen LogP) is 3.90. The Labute approximate surface area is 159 Å². The van der Waals surface area contributed by atoms with Crippen LogP contribution in [-0.2, 0) is 4.74 Å². The summed E-state index contributed by atoms with van der Waals surface area (Å²) in [5.41, 5.74) is 3.11. The molecule has 3 aromatic heterocycles. The van der Waals surface area contributed by atoms with E-state index in [9.17, 15) is 0 Å². The van der Waals surface area contributed by atoms with Gasteiger partial charge in [-0.25, -0.2) is 15.0 Å². The van der Waals surface area contributed by atoms with Crippen LogP contribution in [0.25, 0.3) is 22.4 Å². The molecular weight excluding hydrogens is 338 g/mol. The molecule has 1 N–H and O–H groups in total. The van der Waals surface area contributed by atoms with Crippen molar-refractivity contribution in [3.05, 3.63) is 36.3 Å². The fourth-order valence-electron chi connectivity index (χ4n) is 4.37. The van der Waals surface area contributed by atoms with Crippen LogP contribution in [-0.4, -0.2) is 45.7 Å². The van der Waals surface area contributed by atoms with Crippen LogP contribution in [0, 0.1) is 0 Å². The van der Waals surface area contributed by atoms with E-state index in [0.29, 0.717) is 12.0 Å². The summed E-state index contributed by atoms with van der Waals surface area (Å²) in [6.45, 7) is 4.57. The SMILES string of the molecule is C[C@@H]1COCCN1c1cc(C2CCCC2)nc(-c2ccnc3[nH]ccc23)n1. The first-order chi connectivity index (χ1) is 13.3. The van der Waals surface area contributed by atoms with Gasteiger partial charge in [0.15, 0.2) is 5.82 Å². The molecule has 0 bridgehead atoms. The van der Waals surface area contributed by atoms with E-state index in [1.54, 1.807) is 0 Å². The number of ether oxygens (including phenoxy) is 1. The highest BCUT2D eigenvalue weighted by Gasteiger charge is 2.25. The Morgan fingerprint density at radius 3 is 2.93 bits per heavy atom. The van der Waals surface area contributed by atoms with Gasteiger partial charge < -0.3 is 14.6 Å². The molecule has 2 fully saturated rings. The van der Waals surface area contributed by atoms with E-state index in [1.165, 1.54) is 31.4 Å². The summed E-state index contributed by atoms with van der Waals surface area (Å²) in [6.07, 6.45) is 8.80. The highest BCUT2D eigenvalue weighted by molar-refractivity contribution is 5.91. The molecule has 1 aliphatic heterocycles. The highest BCUT2D eigenvalue weighted by Crippen LogP contribution is 2.36. The molecule has 3 aromatic rings. The summed E-state index contributed by atoms with van der Waals surface area (Å²) >= 11 is 0. The molecule has 1 aliphatic carbocycles. The zero-order chi connectivity index (χ0) is 18.2. The van der Waals surface area contributed by atoms with Gasteiger partial charge in [-0.05, 0) is 31.9 Å². The minimum absolute atomic E-state index is 0.322. The van der Waals surface area contributed by atoms with Gasteiger partial charge in [0.2, 0.25) is 0 Å². The van der Waals surface area contributed by atoms with Gasteiger partial charge in [-0.1, -0.05) is 12.8 Å². The van der Waals surface area contributed by atoms with Crippen molar-refractivity contribution in [1.29, 1.82) is 0 Å². The van der Waals surface area contributed by atoms with Gasteiger partial charge in [-0.3, -0.25) is 0 Å². The van der Waals surface area contributed by atoms with Gasteiger partial charge in [0.25, 0.3) is 0 Å². The smallest absolute Gasteiger partial charge is 0.162 e. The van der Waals surface area contributed by atoms with Crippen molar-refractivity contribution in [2.45, 2.75) is 44.6 Å². The summed E-state index contributed by atoms with van der Waals surface area (Å²) in [4.78, 5) is 20.0. The van der Waals surface area contributed by atoms with Crippen LogP contribution < -0.4 is 4.90 Å². The molecule has 1 atom stereocenters. The summed E-state index contributed by atoms with van der Waals surface area (Å²) < 4.78 is 5.63. The molecule has 27 heavy (non-hydrogen) atoms. The number of anilines is 1. The average Bonchev–Trinajstić information content (AvgIpc) is 3.39. The average molecular weight is 363 g/mol. The summed E-state index contributed by atoms with van der Waals surface area (Å²) in [5, 5.41) is 1.07. The number of fused-ring (bicyclic) bond motifs is 1.